The Kier molecular flexibility index (Phi) is 5.36. The smallest absolute Gasteiger partial charge is 0.299 e. The molecule has 0 unspecified atom stereocenters. The van der Waals surface area contributed by atoms with E-state index in [0.717, 1.165) is 0 Å². The Balaban J connectivity index is 3.52. The molecule has 0 bridgehead atoms. The van der Waals surface area contributed by atoms with E-state index < -0.39 is 4.92 Å². The molecule has 0 heterocycles. The first kappa shape index (κ1) is 14.9. The van der Waals surface area contributed by atoms with E-state index in [1.165, 1.54) is 6.07 Å². The van der Waals surface area contributed by atoms with Crippen LogP contribution in [0, 0.1) is 10.1 Å². The van der Waals surface area contributed by atoms with E-state index in [4.69, 9.17) is 17.3 Å². The molecule has 0 spiro atoms. The third-order valence-electron chi connectivity index (χ3n) is 1.70. The Hall–Kier alpha value is -0.180. The molecule has 0 fully saturated rings. The molecular weight excluding hydrogens is 445 g/mol. The summed E-state index contributed by atoms with van der Waals surface area (Å²) in [7, 11) is 0. The molecule has 1 rings (SSSR count). The van der Waals surface area contributed by atoms with Gasteiger partial charge in [0, 0.05) is 4.47 Å². The predicted octanol–water partition coefficient (Wildman–Crippen LogP) is 4.11. The number of nitrogens with zero attached hydrogens (tertiary/aromatic N) is 2. The molecule has 2 N–H and O–H groups in total. The second kappa shape index (κ2) is 6.12. The van der Waals surface area contributed by atoms with E-state index in [0.29, 0.717) is 14.6 Å². The van der Waals surface area contributed by atoms with Gasteiger partial charge in [-0.15, -0.1) is 11.6 Å². The average Bonchev–Trinajstić information content (AvgIpc) is 2.22. The van der Waals surface area contributed by atoms with Crippen molar-refractivity contribution in [1.82, 2.24) is 0 Å². The molecule has 0 saturated carbocycles. The molecule has 5 nitrogen and oxygen atoms in total. The molecule has 0 aliphatic rings. The summed E-state index contributed by atoms with van der Waals surface area (Å²) in [5.74, 6) is 0.215. The van der Waals surface area contributed by atoms with Crippen LogP contribution in [0.1, 0.15) is 0 Å². The highest BCUT2D eigenvalue weighted by atomic mass is 79.9. The van der Waals surface area contributed by atoms with E-state index in [1.54, 1.807) is 0 Å². The minimum absolute atomic E-state index is 0.0444. The minimum atomic E-state index is -0.517. The van der Waals surface area contributed by atoms with Gasteiger partial charge in [-0.2, -0.15) is 0 Å². The average molecular weight is 450 g/mol. The molecule has 0 amide bonds. The van der Waals surface area contributed by atoms with Gasteiger partial charge in [0.25, 0.3) is 5.69 Å². The third kappa shape index (κ3) is 3.40. The van der Waals surface area contributed by atoms with Crippen molar-refractivity contribution < 1.29 is 4.92 Å². The van der Waals surface area contributed by atoms with E-state index in [1.807, 2.05) is 0 Å². The van der Waals surface area contributed by atoms with Gasteiger partial charge < -0.3 is 5.73 Å². The molecule has 0 aromatic heterocycles. The maximum absolute atomic E-state index is 10.9. The summed E-state index contributed by atoms with van der Waals surface area (Å²) in [5, 5.41) is 10.9. The zero-order chi connectivity index (χ0) is 13.2. The normalized spacial score (nSPS) is 11.6. The van der Waals surface area contributed by atoms with Gasteiger partial charge in [-0.05, 0) is 53.9 Å². The summed E-state index contributed by atoms with van der Waals surface area (Å²) in [6, 6.07) is 1.53. The molecule has 0 radical (unpaired) electrons. The molecule has 1 aromatic rings. The number of nitro groups is 1. The number of benzene rings is 1. The first-order valence-corrected chi connectivity index (χ1v) is 7.00. The Morgan fingerprint density at radius 3 is 2.53 bits per heavy atom. The van der Waals surface area contributed by atoms with Crippen LogP contribution in [0.4, 0.5) is 11.4 Å². The van der Waals surface area contributed by atoms with Gasteiger partial charge in [-0.3, -0.25) is 10.1 Å². The van der Waals surface area contributed by atoms with Crippen LogP contribution < -0.4 is 5.73 Å². The fourth-order valence-corrected chi connectivity index (χ4v) is 3.66. The molecule has 0 saturated heterocycles. The van der Waals surface area contributed by atoms with Gasteiger partial charge in [0.15, 0.2) is 0 Å². The number of rotatable bonds is 3. The molecule has 0 aliphatic carbocycles. The topological polar surface area (TPSA) is 81.5 Å². The maximum atomic E-state index is 10.9. The van der Waals surface area contributed by atoms with Crippen LogP contribution in [0.25, 0.3) is 0 Å². The van der Waals surface area contributed by atoms with Gasteiger partial charge in [-0.25, -0.2) is 4.99 Å². The summed E-state index contributed by atoms with van der Waals surface area (Å²) < 4.78 is 1.14. The highest BCUT2D eigenvalue weighted by Crippen LogP contribution is 2.44. The van der Waals surface area contributed by atoms with Crippen molar-refractivity contribution in [3.63, 3.8) is 0 Å². The molecule has 1 aromatic carbocycles. The lowest BCUT2D eigenvalue weighted by Crippen LogP contribution is -2.12. The van der Waals surface area contributed by atoms with Crippen LogP contribution in [0.3, 0.4) is 0 Å². The monoisotopic (exact) mass is 447 g/mol. The van der Waals surface area contributed by atoms with Crippen molar-refractivity contribution in [2.24, 2.45) is 10.7 Å². The van der Waals surface area contributed by atoms with Gasteiger partial charge >= 0.3 is 0 Å². The van der Waals surface area contributed by atoms with Gasteiger partial charge in [0.1, 0.15) is 16.0 Å². The van der Waals surface area contributed by atoms with Crippen molar-refractivity contribution in [2.45, 2.75) is 0 Å². The Morgan fingerprint density at radius 2 is 2.06 bits per heavy atom. The second-order valence-electron chi connectivity index (χ2n) is 2.85. The largest absolute Gasteiger partial charge is 0.386 e. The number of hydrogen-bond acceptors (Lipinski definition) is 3. The Morgan fingerprint density at radius 1 is 1.47 bits per heavy atom. The molecule has 0 atom stereocenters. The zero-order valence-electron chi connectivity index (χ0n) is 8.08. The van der Waals surface area contributed by atoms with E-state index in [-0.39, 0.29) is 21.9 Å². The first-order valence-electron chi connectivity index (χ1n) is 4.09. The first-order chi connectivity index (χ1) is 7.88. The van der Waals surface area contributed by atoms with Crippen molar-refractivity contribution in [1.29, 1.82) is 0 Å². The van der Waals surface area contributed by atoms with Crippen molar-refractivity contribution >= 4 is 76.6 Å². The van der Waals surface area contributed by atoms with Gasteiger partial charge in [0.05, 0.1) is 15.3 Å². The van der Waals surface area contributed by atoms with Crippen LogP contribution in [-0.2, 0) is 0 Å². The number of alkyl halides is 1. The minimum Gasteiger partial charge on any atom is -0.386 e. The summed E-state index contributed by atoms with van der Waals surface area (Å²) in [5.41, 5.74) is 5.72. The van der Waals surface area contributed by atoms with Gasteiger partial charge in [0.2, 0.25) is 0 Å². The second-order valence-corrected chi connectivity index (χ2v) is 5.61. The SMILES string of the molecule is NC(CCl)=Nc1c(Br)cc(Br)c([N+](=O)[O-])c1Br. The highest BCUT2D eigenvalue weighted by molar-refractivity contribution is 9.11. The van der Waals surface area contributed by atoms with Crippen molar-refractivity contribution in [3.8, 4) is 0 Å². The Bertz CT molecular complexity index is 507. The number of hydrogen-bond donors (Lipinski definition) is 1. The number of nitrogens with two attached hydrogens (primary N) is 1. The van der Waals surface area contributed by atoms with Crippen LogP contribution in [0.2, 0.25) is 0 Å². The standard InChI is InChI=1S/C8H5Br3ClN3O2/c9-3-1-4(10)8(15(16)17)6(11)7(3)14-5(13)2-12/h1H,2H2,(H2,13,14). The number of amidine groups is 1. The van der Waals surface area contributed by atoms with Crippen LogP contribution in [0.15, 0.2) is 24.5 Å². The molecule has 0 aliphatic heterocycles. The zero-order valence-corrected chi connectivity index (χ0v) is 13.6. The van der Waals surface area contributed by atoms with Crippen LogP contribution >= 0.6 is 59.4 Å². The van der Waals surface area contributed by atoms with Crippen molar-refractivity contribution in [2.75, 3.05) is 5.88 Å². The van der Waals surface area contributed by atoms with Crippen LogP contribution in [0.5, 0.6) is 0 Å². The molecule has 9 heteroatoms. The molecular formula is C8H5Br3ClN3O2. The fraction of sp³-hybridized carbons (Fsp3) is 0.125. The fourth-order valence-electron chi connectivity index (χ4n) is 1.01. The number of aliphatic imine (C=N–C) groups is 1. The number of halogens is 4. The lowest BCUT2D eigenvalue weighted by Gasteiger charge is -2.06. The molecule has 92 valence electrons. The van der Waals surface area contributed by atoms with Crippen molar-refractivity contribution in [3.05, 3.63) is 29.6 Å². The lowest BCUT2D eigenvalue weighted by atomic mass is 10.3. The Labute approximate surface area is 127 Å². The molecule has 17 heavy (non-hydrogen) atoms. The van der Waals surface area contributed by atoms with E-state index in [9.17, 15) is 10.1 Å². The summed E-state index contributed by atoms with van der Waals surface area (Å²) in [6.07, 6.45) is 0. The van der Waals surface area contributed by atoms with Gasteiger partial charge in [-0.1, -0.05) is 0 Å². The van der Waals surface area contributed by atoms with E-state index >= 15 is 0 Å². The third-order valence-corrected chi connectivity index (χ3v) is 3.93. The quantitative estimate of drug-likeness (QED) is 0.248. The summed E-state index contributed by atoms with van der Waals surface area (Å²) in [4.78, 5) is 14.4. The lowest BCUT2D eigenvalue weighted by molar-refractivity contribution is -0.386. The highest BCUT2D eigenvalue weighted by Gasteiger charge is 2.22. The van der Waals surface area contributed by atoms with Crippen LogP contribution in [-0.4, -0.2) is 16.6 Å². The summed E-state index contributed by atoms with van der Waals surface area (Å²) in [6.45, 7) is 0. The maximum Gasteiger partial charge on any atom is 0.299 e. The predicted molar refractivity (Wildman–Crippen MR) is 78.2 cm³/mol. The number of nitro benzene ring substituents is 1. The summed E-state index contributed by atoms with van der Waals surface area (Å²) >= 11 is 15.0. The van der Waals surface area contributed by atoms with E-state index in [2.05, 4.69) is 52.8 Å².